The van der Waals surface area contributed by atoms with Gasteiger partial charge in [-0.25, -0.2) is 4.90 Å². The van der Waals surface area contributed by atoms with E-state index in [9.17, 15) is 9.59 Å². The lowest BCUT2D eigenvalue weighted by atomic mass is 9.85. The number of carbonyl (C=O) groups excluding carboxylic acids is 2. The molecule has 0 spiro atoms. The summed E-state index contributed by atoms with van der Waals surface area (Å²) in [6.45, 7) is 2.00. The summed E-state index contributed by atoms with van der Waals surface area (Å²) in [7, 11) is 0. The fourth-order valence-corrected chi connectivity index (χ4v) is 3.71. The molecule has 0 aromatic heterocycles. The molecule has 2 atom stereocenters. The third kappa shape index (κ3) is 2.90. The van der Waals surface area contributed by atoms with Crippen molar-refractivity contribution in [1.29, 1.82) is 0 Å². The summed E-state index contributed by atoms with van der Waals surface area (Å²) < 4.78 is 5.80. The van der Waals surface area contributed by atoms with Gasteiger partial charge in [0.05, 0.1) is 22.5 Å². The van der Waals surface area contributed by atoms with Crippen molar-refractivity contribution >= 4 is 29.1 Å². The maximum absolute atomic E-state index is 12.7. The van der Waals surface area contributed by atoms with Crippen molar-refractivity contribution in [1.82, 2.24) is 0 Å². The SMILES string of the molecule is Cc1ccc(Oc2ccc(N3C(=O)[C@@H]4CC=CC[C@H]4C3=O)cc2Cl)cc1. The summed E-state index contributed by atoms with van der Waals surface area (Å²) in [5.74, 6) is 0.359. The minimum atomic E-state index is -0.255. The van der Waals surface area contributed by atoms with E-state index in [0.29, 0.717) is 35.1 Å². The molecule has 1 saturated heterocycles. The molecule has 2 aromatic carbocycles. The normalized spacial score (nSPS) is 21.8. The second-order valence-electron chi connectivity index (χ2n) is 6.70. The molecule has 26 heavy (non-hydrogen) atoms. The average Bonchev–Trinajstić information content (AvgIpc) is 2.90. The van der Waals surface area contributed by atoms with Gasteiger partial charge in [0.25, 0.3) is 0 Å². The van der Waals surface area contributed by atoms with E-state index in [2.05, 4.69) is 0 Å². The second-order valence-corrected chi connectivity index (χ2v) is 7.10. The highest BCUT2D eigenvalue weighted by Crippen LogP contribution is 2.40. The number of ether oxygens (including phenoxy) is 1. The monoisotopic (exact) mass is 367 g/mol. The third-order valence-electron chi connectivity index (χ3n) is 4.93. The summed E-state index contributed by atoms with van der Waals surface area (Å²) >= 11 is 6.35. The zero-order valence-corrected chi connectivity index (χ0v) is 15.1. The molecule has 0 saturated carbocycles. The number of halogens is 1. The molecule has 1 aliphatic carbocycles. The van der Waals surface area contributed by atoms with Crippen LogP contribution in [0, 0.1) is 18.8 Å². The van der Waals surface area contributed by atoms with E-state index in [0.717, 1.165) is 5.56 Å². The minimum Gasteiger partial charge on any atom is -0.456 e. The van der Waals surface area contributed by atoms with Gasteiger partial charge in [0.15, 0.2) is 0 Å². The summed E-state index contributed by atoms with van der Waals surface area (Å²) in [5, 5.41) is 0.358. The summed E-state index contributed by atoms with van der Waals surface area (Å²) in [5.41, 5.74) is 1.64. The number of anilines is 1. The van der Waals surface area contributed by atoms with Crippen molar-refractivity contribution < 1.29 is 14.3 Å². The molecule has 1 aliphatic heterocycles. The topological polar surface area (TPSA) is 46.6 Å². The molecule has 0 radical (unpaired) electrons. The van der Waals surface area contributed by atoms with E-state index in [4.69, 9.17) is 16.3 Å². The zero-order chi connectivity index (χ0) is 18.3. The number of amides is 2. The van der Waals surface area contributed by atoms with Crippen LogP contribution in [0.5, 0.6) is 11.5 Å². The van der Waals surface area contributed by atoms with Crippen LogP contribution in [0.1, 0.15) is 18.4 Å². The van der Waals surface area contributed by atoms with Gasteiger partial charge in [-0.2, -0.15) is 0 Å². The van der Waals surface area contributed by atoms with Crippen molar-refractivity contribution in [3.05, 3.63) is 65.2 Å². The predicted octanol–water partition coefficient (Wildman–Crippen LogP) is 4.90. The summed E-state index contributed by atoms with van der Waals surface area (Å²) in [6.07, 6.45) is 5.19. The number of imide groups is 1. The van der Waals surface area contributed by atoms with Crippen molar-refractivity contribution in [2.24, 2.45) is 11.8 Å². The summed E-state index contributed by atoms with van der Waals surface area (Å²) in [4.78, 5) is 26.6. The molecule has 2 aliphatic rings. The first-order valence-electron chi connectivity index (χ1n) is 8.61. The number of fused-ring (bicyclic) bond motifs is 1. The average molecular weight is 368 g/mol. The lowest BCUT2D eigenvalue weighted by Crippen LogP contribution is -2.30. The number of hydrogen-bond donors (Lipinski definition) is 0. The Morgan fingerprint density at radius 2 is 1.58 bits per heavy atom. The Labute approximate surface area is 157 Å². The maximum atomic E-state index is 12.7. The van der Waals surface area contributed by atoms with E-state index in [1.165, 1.54) is 4.90 Å². The first-order valence-corrected chi connectivity index (χ1v) is 8.99. The fourth-order valence-electron chi connectivity index (χ4n) is 3.50. The van der Waals surface area contributed by atoms with Gasteiger partial charge in [0, 0.05) is 0 Å². The smallest absolute Gasteiger partial charge is 0.238 e. The molecule has 0 unspecified atom stereocenters. The molecule has 2 amide bonds. The quantitative estimate of drug-likeness (QED) is 0.572. The first kappa shape index (κ1) is 16.9. The standard InChI is InChI=1S/C21H18ClNO3/c1-13-6-9-15(10-7-13)26-19-11-8-14(12-18(19)22)23-20(24)16-4-2-3-5-17(16)21(23)25/h2-3,6-12,16-17H,4-5H2,1H3/t16-,17-/m1/s1. The van der Waals surface area contributed by atoms with Crippen molar-refractivity contribution in [3.8, 4) is 11.5 Å². The van der Waals surface area contributed by atoms with Crippen LogP contribution in [-0.2, 0) is 9.59 Å². The number of nitrogens with zero attached hydrogens (tertiary/aromatic N) is 1. The Morgan fingerprint density at radius 1 is 0.962 bits per heavy atom. The number of hydrogen-bond acceptors (Lipinski definition) is 3. The van der Waals surface area contributed by atoms with E-state index < -0.39 is 0 Å². The van der Waals surface area contributed by atoms with Crippen LogP contribution in [0.3, 0.4) is 0 Å². The third-order valence-corrected chi connectivity index (χ3v) is 5.23. The minimum absolute atomic E-state index is 0.146. The molecule has 1 fully saturated rings. The van der Waals surface area contributed by atoms with Crippen LogP contribution in [0.25, 0.3) is 0 Å². The molecular formula is C21H18ClNO3. The van der Waals surface area contributed by atoms with Crippen molar-refractivity contribution in [2.45, 2.75) is 19.8 Å². The first-order chi connectivity index (χ1) is 12.5. The Kier molecular flexibility index (Phi) is 4.29. The van der Waals surface area contributed by atoms with E-state index in [-0.39, 0.29) is 23.7 Å². The van der Waals surface area contributed by atoms with Crippen molar-refractivity contribution in [2.75, 3.05) is 4.90 Å². The Hall–Kier alpha value is -2.59. The highest BCUT2D eigenvalue weighted by atomic mass is 35.5. The van der Waals surface area contributed by atoms with Crippen LogP contribution in [0.2, 0.25) is 5.02 Å². The molecule has 0 bridgehead atoms. The second kappa shape index (κ2) is 6.61. The molecular weight excluding hydrogens is 350 g/mol. The van der Waals surface area contributed by atoms with Crippen LogP contribution in [0.15, 0.2) is 54.6 Å². The largest absolute Gasteiger partial charge is 0.456 e. The van der Waals surface area contributed by atoms with Crippen LogP contribution < -0.4 is 9.64 Å². The Balaban J connectivity index is 1.59. The van der Waals surface area contributed by atoms with Crippen LogP contribution >= 0.6 is 11.6 Å². The van der Waals surface area contributed by atoms with Crippen molar-refractivity contribution in [3.63, 3.8) is 0 Å². The number of benzene rings is 2. The molecule has 4 nitrogen and oxygen atoms in total. The van der Waals surface area contributed by atoms with Crippen LogP contribution in [-0.4, -0.2) is 11.8 Å². The van der Waals surface area contributed by atoms with Gasteiger partial charge in [-0.05, 0) is 50.1 Å². The molecule has 1 heterocycles. The van der Waals surface area contributed by atoms with E-state index >= 15 is 0 Å². The van der Waals surface area contributed by atoms with Gasteiger partial charge < -0.3 is 4.74 Å². The van der Waals surface area contributed by atoms with Crippen LogP contribution in [0.4, 0.5) is 5.69 Å². The van der Waals surface area contributed by atoms with Gasteiger partial charge >= 0.3 is 0 Å². The molecule has 4 rings (SSSR count). The number of allylic oxidation sites excluding steroid dienone is 2. The lowest BCUT2D eigenvalue weighted by molar-refractivity contribution is -0.122. The lowest BCUT2D eigenvalue weighted by Gasteiger charge is -2.16. The van der Waals surface area contributed by atoms with Gasteiger partial charge in [-0.15, -0.1) is 0 Å². The number of rotatable bonds is 3. The number of carbonyl (C=O) groups is 2. The van der Waals surface area contributed by atoms with Gasteiger partial charge in [-0.1, -0.05) is 41.4 Å². The van der Waals surface area contributed by atoms with Gasteiger partial charge in [-0.3, -0.25) is 9.59 Å². The number of aryl methyl sites for hydroxylation is 1. The molecule has 2 aromatic rings. The van der Waals surface area contributed by atoms with Gasteiger partial charge in [0.1, 0.15) is 11.5 Å². The highest BCUT2D eigenvalue weighted by molar-refractivity contribution is 6.33. The maximum Gasteiger partial charge on any atom is 0.238 e. The molecule has 0 N–H and O–H groups in total. The molecule has 132 valence electrons. The summed E-state index contributed by atoms with van der Waals surface area (Å²) in [6, 6.07) is 12.7. The Morgan fingerprint density at radius 3 is 2.15 bits per heavy atom. The highest BCUT2D eigenvalue weighted by Gasteiger charge is 2.47. The van der Waals surface area contributed by atoms with E-state index in [1.54, 1.807) is 18.2 Å². The Bertz CT molecular complexity index is 878. The molecule has 5 heteroatoms. The predicted molar refractivity (Wildman–Crippen MR) is 101 cm³/mol. The zero-order valence-electron chi connectivity index (χ0n) is 14.3. The fraction of sp³-hybridized carbons (Fsp3) is 0.238. The van der Waals surface area contributed by atoms with Gasteiger partial charge in [0.2, 0.25) is 11.8 Å². The van der Waals surface area contributed by atoms with E-state index in [1.807, 2.05) is 43.3 Å².